The molecule has 0 aromatic heterocycles. The topological polar surface area (TPSA) is 65.6 Å². The molecular formula is C24H42N4O4. The van der Waals surface area contributed by atoms with Crippen LogP contribution in [0, 0.1) is 5.92 Å². The van der Waals surface area contributed by atoms with Crippen molar-refractivity contribution in [2.24, 2.45) is 5.92 Å². The molecule has 1 saturated carbocycles. The van der Waals surface area contributed by atoms with Gasteiger partial charge in [0.15, 0.2) is 0 Å². The Hall–Kier alpha value is -1.38. The van der Waals surface area contributed by atoms with E-state index in [-0.39, 0.29) is 18.2 Å². The summed E-state index contributed by atoms with van der Waals surface area (Å²) in [4.78, 5) is 32.9. The van der Waals surface area contributed by atoms with Crippen LogP contribution in [0.5, 0.6) is 0 Å². The van der Waals surface area contributed by atoms with Gasteiger partial charge in [-0.05, 0) is 57.5 Å². The van der Waals surface area contributed by atoms with Crippen LogP contribution in [0.2, 0.25) is 0 Å². The molecule has 0 aromatic carbocycles. The minimum Gasteiger partial charge on any atom is -0.468 e. The Morgan fingerprint density at radius 2 is 1.69 bits per heavy atom. The number of rotatable bonds is 9. The van der Waals surface area contributed by atoms with E-state index in [4.69, 9.17) is 9.47 Å². The molecule has 0 spiro atoms. The number of likely N-dealkylation sites (tertiary alicyclic amines) is 1. The number of piperidine rings is 1. The molecule has 0 bridgehead atoms. The van der Waals surface area contributed by atoms with Crippen LogP contribution in [0.1, 0.15) is 51.4 Å². The lowest BCUT2D eigenvalue weighted by atomic mass is 9.91. The third kappa shape index (κ3) is 6.58. The highest BCUT2D eigenvalue weighted by molar-refractivity contribution is 5.71. The fourth-order valence-corrected chi connectivity index (χ4v) is 5.96. The Morgan fingerprint density at radius 1 is 1.00 bits per heavy atom. The molecule has 4 aliphatic rings. The van der Waals surface area contributed by atoms with Crippen LogP contribution in [0.3, 0.4) is 0 Å². The minimum atomic E-state index is -0.182. The number of amides is 1. The molecule has 8 nitrogen and oxygen atoms in total. The lowest BCUT2D eigenvalue weighted by molar-refractivity contribution is -0.142. The molecule has 8 heteroatoms. The maximum Gasteiger partial charge on any atom is 0.410 e. The summed E-state index contributed by atoms with van der Waals surface area (Å²) in [6.07, 6.45) is 10.4. The first-order valence-corrected chi connectivity index (χ1v) is 12.8. The first kappa shape index (κ1) is 23.8. The average molecular weight is 451 g/mol. The number of esters is 1. The molecule has 3 aliphatic heterocycles. The molecule has 0 radical (unpaired) electrons. The molecule has 1 amide bonds. The van der Waals surface area contributed by atoms with E-state index >= 15 is 0 Å². The maximum atomic E-state index is 12.3. The Bertz CT molecular complexity index is 611. The van der Waals surface area contributed by atoms with Gasteiger partial charge in [-0.25, -0.2) is 4.79 Å². The fourth-order valence-electron chi connectivity index (χ4n) is 5.96. The predicted octanol–water partition coefficient (Wildman–Crippen LogP) is 2.03. The van der Waals surface area contributed by atoms with E-state index in [0.717, 1.165) is 57.6 Å². The molecule has 3 saturated heterocycles. The van der Waals surface area contributed by atoms with Crippen molar-refractivity contribution in [2.75, 3.05) is 72.6 Å². The van der Waals surface area contributed by atoms with Gasteiger partial charge in [-0.15, -0.1) is 0 Å². The van der Waals surface area contributed by atoms with Gasteiger partial charge in [-0.1, -0.05) is 12.8 Å². The number of piperazine rings is 1. The van der Waals surface area contributed by atoms with Crippen LogP contribution in [0.4, 0.5) is 4.79 Å². The highest BCUT2D eigenvalue weighted by Gasteiger charge is 2.33. The SMILES string of the molecule is COC(=O)CN1CCN(CC2CN(CCCC3CCN(C4CCCC4)CC3)C(=O)O2)CC1. The van der Waals surface area contributed by atoms with E-state index < -0.39 is 0 Å². The Kier molecular flexibility index (Phi) is 8.66. The quantitative estimate of drug-likeness (QED) is 0.498. The van der Waals surface area contributed by atoms with Gasteiger partial charge in [0.2, 0.25) is 0 Å². The largest absolute Gasteiger partial charge is 0.468 e. The summed E-state index contributed by atoms with van der Waals surface area (Å²) in [7, 11) is 1.43. The Morgan fingerprint density at radius 3 is 2.38 bits per heavy atom. The summed E-state index contributed by atoms with van der Waals surface area (Å²) in [5.41, 5.74) is 0. The highest BCUT2D eigenvalue weighted by atomic mass is 16.6. The standard InChI is InChI=1S/C24H42N4O4/c1-31-23(29)19-26-15-13-25(14-16-26)17-22-18-28(24(30)32-22)10-4-5-20-8-11-27(12-9-20)21-6-2-3-7-21/h20-22H,2-19H2,1H3. The number of ether oxygens (including phenoxy) is 2. The average Bonchev–Trinajstić information content (AvgIpc) is 3.46. The van der Waals surface area contributed by atoms with E-state index in [2.05, 4.69) is 14.7 Å². The van der Waals surface area contributed by atoms with Gasteiger partial charge in [0.25, 0.3) is 0 Å². The summed E-state index contributed by atoms with van der Waals surface area (Å²) in [5, 5.41) is 0. The molecule has 4 rings (SSSR count). The van der Waals surface area contributed by atoms with Crippen molar-refractivity contribution in [3.63, 3.8) is 0 Å². The number of methoxy groups -OCH3 is 1. The second kappa shape index (κ2) is 11.7. The lowest BCUT2D eigenvalue weighted by Crippen LogP contribution is -2.50. The summed E-state index contributed by atoms with van der Waals surface area (Å²) in [6.45, 7) is 8.70. The number of carbonyl (C=O) groups excluding carboxylic acids is 2. The van der Waals surface area contributed by atoms with Gasteiger partial charge in [0.1, 0.15) is 6.10 Å². The van der Waals surface area contributed by atoms with E-state index in [0.29, 0.717) is 13.1 Å². The minimum absolute atomic E-state index is 0.0377. The van der Waals surface area contributed by atoms with E-state index in [1.54, 1.807) is 0 Å². The zero-order chi connectivity index (χ0) is 22.3. The summed E-state index contributed by atoms with van der Waals surface area (Å²) in [5.74, 6) is 0.640. The normalized spacial score (nSPS) is 27.2. The first-order valence-electron chi connectivity index (χ1n) is 12.8. The van der Waals surface area contributed by atoms with Crippen molar-refractivity contribution in [3.8, 4) is 0 Å². The number of nitrogens with zero attached hydrogens (tertiary/aromatic N) is 4. The number of hydrogen-bond acceptors (Lipinski definition) is 7. The Labute approximate surface area is 193 Å². The summed E-state index contributed by atoms with van der Waals surface area (Å²) < 4.78 is 10.4. The van der Waals surface area contributed by atoms with Crippen molar-refractivity contribution in [3.05, 3.63) is 0 Å². The molecular weight excluding hydrogens is 408 g/mol. The molecule has 1 aliphatic carbocycles. The molecule has 3 heterocycles. The van der Waals surface area contributed by atoms with E-state index in [1.165, 1.54) is 65.1 Å². The lowest BCUT2D eigenvalue weighted by Gasteiger charge is -2.36. The van der Waals surface area contributed by atoms with Crippen LogP contribution >= 0.6 is 0 Å². The fraction of sp³-hybridized carbons (Fsp3) is 0.917. The van der Waals surface area contributed by atoms with Crippen molar-refractivity contribution >= 4 is 12.1 Å². The molecule has 1 unspecified atom stereocenters. The number of cyclic esters (lactones) is 1. The zero-order valence-corrected chi connectivity index (χ0v) is 19.9. The van der Waals surface area contributed by atoms with Gasteiger partial charge < -0.3 is 19.3 Å². The molecule has 1 atom stereocenters. The molecule has 182 valence electrons. The molecule has 4 fully saturated rings. The van der Waals surface area contributed by atoms with Crippen LogP contribution in [-0.4, -0.2) is 116 Å². The monoisotopic (exact) mass is 450 g/mol. The van der Waals surface area contributed by atoms with Crippen molar-refractivity contribution in [1.82, 2.24) is 19.6 Å². The number of hydrogen-bond donors (Lipinski definition) is 0. The third-order valence-electron chi connectivity index (χ3n) is 7.99. The summed E-state index contributed by atoms with van der Waals surface area (Å²) >= 11 is 0. The van der Waals surface area contributed by atoms with Crippen molar-refractivity contribution in [1.29, 1.82) is 0 Å². The van der Waals surface area contributed by atoms with Crippen LogP contribution in [-0.2, 0) is 14.3 Å². The third-order valence-corrected chi connectivity index (χ3v) is 7.99. The predicted molar refractivity (Wildman–Crippen MR) is 123 cm³/mol. The second-order valence-corrected chi connectivity index (χ2v) is 10.2. The Balaban J connectivity index is 1.08. The highest BCUT2D eigenvalue weighted by Crippen LogP contribution is 2.29. The van der Waals surface area contributed by atoms with Gasteiger partial charge >= 0.3 is 12.1 Å². The number of carbonyl (C=O) groups is 2. The first-order chi connectivity index (χ1) is 15.6. The van der Waals surface area contributed by atoms with E-state index in [9.17, 15) is 9.59 Å². The van der Waals surface area contributed by atoms with Crippen LogP contribution in [0.25, 0.3) is 0 Å². The molecule has 32 heavy (non-hydrogen) atoms. The summed E-state index contributed by atoms with van der Waals surface area (Å²) in [6, 6.07) is 0.864. The van der Waals surface area contributed by atoms with Crippen LogP contribution < -0.4 is 0 Å². The zero-order valence-electron chi connectivity index (χ0n) is 19.9. The van der Waals surface area contributed by atoms with Gasteiger partial charge in [-0.3, -0.25) is 14.6 Å². The van der Waals surface area contributed by atoms with E-state index in [1.807, 2.05) is 4.90 Å². The van der Waals surface area contributed by atoms with Crippen molar-refractivity contribution < 1.29 is 19.1 Å². The molecule has 0 aromatic rings. The second-order valence-electron chi connectivity index (χ2n) is 10.2. The van der Waals surface area contributed by atoms with Crippen LogP contribution in [0.15, 0.2) is 0 Å². The smallest absolute Gasteiger partial charge is 0.410 e. The van der Waals surface area contributed by atoms with Gasteiger partial charge in [-0.2, -0.15) is 0 Å². The maximum absolute atomic E-state index is 12.3. The van der Waals surface area contributed by atoms with Gasteiger partial charge in [0.05, 0.1) is 20.2 Å². The molecule has 0 N–H and O–H groups in total. The van der Waals surface area contributed by atoms with Gasteiger partial charge in [0, 0.05) is 45.3 Å². The van der Waals surface area contributed by atoms with Crippen molar-refractivity contribution in [2.45, 2.75) is 63.5 Å².